The summed E-state index contributed by atoms with van der Waals surface area (Å²) in [6.45, 7) is 4.13. The summed E-state index contributed by atoms with van der Waals surface area (Å²) in [5.41, 5.74) is 1.23. The number of carbonyl (C=O) groups excluding carboxylic acids is 1. The maximum atomic E-state index is 12.5. The highest BCUT2D eigenvalue weighted by atomic mass is 19.4. The topological polar surface area (TPSA) is 111 Å². The maximum Gasteiger partial charge on any atom is 0.490 e. The second-order valence-electron chi connectivity index (χ2n) is 8.05. The molecule has 0 unspecified atom stereocenters. The van der Waals surface area contributed by atoms with Crippen molar-refractivity contribution in [2.24, 2.45) is 0 Å². The number of piperidine rings is 1. The molecule has 2 atom stereocenters. The lowest BCUT2D eigenvalue weighted by atomic mass is 9.77. The third-order valence-electron chi connectivity index (χ3n) is 5.84. The van der Waals surface area contributed by atoms with E-state index < -0.39 is 24.3 Å². The monoisotopic (exact) mass is 515 g/mol. The average Bonchev–Trinajstić information content (AvgIpc) is 3.04. The molecule has 0 radical (unpaired) electrons. The average molecular weight is 515 g/mol. The Morgan fingerprint density at radius 1 is 1.06 bits per heavy atom. The Morgan fingerprint density at radius 3 is 1.97 bits per heavy atom. The third kappa shape index (κ3) is 8.37. The minimum atomic E-state index is -5.08. The molecule has 1 amide bonds. The summed E-state index contributed by atoms with van der Waals surface area (Å²) in [5, 5.41) is 14.2. The Balaban J connectivity index is 0.000000362. The molecule has 1 aromatic rings. The van der Waals surface area contributed by atoms with Gasteiger partial charge in [-0.2, -0.15) is 26.3 Å². The Morgan fingerprint density at radius 2 is 1.54 bits per heavy atom. The lowest BCUT2D eigenvalue weighted by Crippen LogP contribution is -2.61. The highest BCUT2D eigenvalue weighted by Crippen LogP contribution is 2.43. The van der Waals surface area contributed by atoms with Gasteiger partial charge in [-0.3, -0.25) is 9.78 Å². The van der Waals surface area contributed by atoms with Crippen LogP contribution in [0.1, 0.15) is 44.6 Å². The number of alkyl halides is 6. The van der Waals surface area contributed by atoms with Crippen LogP contribution in [0.5, 0.6) is 0 Å². The number of halogens is 6. The van der Waals surface area contributed by atoms with Crippen molar-refractivity contribution >= 4 is 17.8 Å². The number of hydrogen-bond donors (Lipinski definition) is 2. The van der Waals surface area contributed by atoms with Crippen LogP contribution in [0.15, 0.2) is 24.5 Å². The van der Waals surface area contributed by atoms with Crippen molar-refractivity contribution in [1.82, 2.24) is 14.8 Å². The van der Waals surface area contributed by atoms with Crippen LogP contribution in [0.4, 0.5) is 26.3 Å². The lowest BCUT2D eigenvalue weighted by Gasteiger charge is -2.51. The summed E-state index contributed by atoms with van der Waals surface area (Å²) in [6.07, 6.45) is -1.38. The van der Waals surface area contributed by atoms with Gasteiger partial charge in [0.15, 0.2) is 0 Å². The van der Waals surface area contributed by atoms with Crippen molar-refractivity contribution in [1.29, 1.82) is 0 Å². The normalized spacial score (nSPS) is 22.7. The molecule has 2 saturated heterocycles. The van der Waals surface area contributed by atoms with Gasteiger partial charge in [0.25, 0.3) is 0 Å². The van der Waals surface area contributed by atoms with Crippen molar-refractivity contribution in [2.45, 2.75) is 69.5 Å². The first-order valence-corrected chi connectivity index (χ1v) is 10.6. The molecule has 0 saturated carbocycles. The fourth-order valence-corrected chi connectivity index (χ4v) is 4.42. The van der Waals surface area contributed by atoms with Crippen LogP contribution in [0, 0.1) is 0 Å². The summed E-state index contributed by atoms with van der Waals surface area (Å²) >= 11 is 0. The summed E-state index contributed by atoms with van der Waals surface area (Å²) in [7, 11) is 2.21. The SMILES string of the molecule is CC[C@@H]1N(C)CCC[C@]12CCC(=O)N2Cc1ccncc1.O=C(O)C(F)(F)F.O=C(O)C(F)(F)F. The number of carbonyl (C=O) groups is 3. The highest BCUT2D eigenvalue weighted by Gasteiger charge is 2.52. The van der Waals surface area contributed by atoms with Crippen molar-refractivity contribution in [3.05, 3.63) is 30.1 Å². The van der Waals surface area contributed by atoms with E-state index in [2.05, 4.69) is 28.8 Å². The molecule has 2 aliphatic heterocycles. The molecule has 0 aliphatic carbocycles. The van der Waals surface area contributed by atoms with E-state index in [1.54, 1.807) is 0 Å². The first-order valence-electron chi connectivity index (χ1n) is 10.6. The minimum Gasteiger partial charge on any atom is -0.475 e. The van der Waals surface area contributed by atoms with Crippen molar-refractivity contribution < 1.29 is 50.9 Å². The molecule has 0 bridgehead atoms. The van der Waals surface area contributed by atoms with E-state index in [0.29, 0.717) is 18.4 Å². The van der Waals surface area contributed by atoms with Gasteiger partial charge in [0.2, 0.25) is 5.91 Å². The van der Waals surface area contributed by atoms with E-state index in [4.69, 9.17) is 19.8 Å². The minimum absolute atomic E-state index is 0.0438. The molecule has 2 fully saturated rings. The zero-order chi connectivity index (χ0) is 27.0. The highest BCUT2D eigenvalue weighted by molar-refractivity contribution is 5.80. The van der Waals surface area contributed by atoms with Crippen LogP contribution in [0.2, 0.25) is 0 Å². The number of carboxylic acid groups (broad SMARTS) is 2. The number of pyridine rings is 1. The van der Waals surface area contributed by atoms with E-state index in [0.717, 1.165) is 32.4 Å². The van der Waals surface area contributed by atoms with Gasteiger partial charge in [0.05, 0.1) is 5.54 Å². The summed E-state index contributed by atoms with van der Waals surface area (Å²) in [4.78, 5) is 39.0. The number of likely N-dealkylation sites (tertiary alicyclic amines) is 2. The van der Waals surface area contributed by atoms with Gasteiger partial charge in [0, 0.05) is 31.4 Å². The molecule has 8 nitrogen and oxygen atoms in total. The molecule has 3 heterocycles. The fourth-order valence-electron chi connectivity index (χ4n) is 4.42. The van der Waals surface area contributed by atoms with E-state index in [-0.39, 0.29) is 5.54 Å². The van der Waals surface area contributed by atoms with Gasteiger partial charge in [-0.1, -0.05) is 6.92 Å². The maximum absolute atomic E-state index is 12.5. The molecule has 35 heavy (non-hydrogen) atoms. The predicted molar refractivity (Wildman–Crippen MR) is 110 cm³/mol. The first kappa shape index (κ1) is 30.1. The van der Waals surface area contributed by atoms with Gasteiger partial charge < -0.3 is 20.0 Å². The predicted octanol–water partition coefficient (Wildman–Crippen LogP) is 3.71. The van der Waals surface area contributed by atoms with Crippen molar-refractivity contribution in [3.63, 3.8) is 0 Å². The van der Waals surface area contributed by atoms with Gasteiger partial charge in [-0.15, -0.1) is 0 Å². The Labute approximate surface area is 197 Å². The van der Waals surface area contributed by atoms with Gasteiger partial charge in [-0.25, -0.2) is 9.59 Å². The van der Waals surface area contributed by atoms with Crippen LogP contribution in [0.3, 0.4) is 0 Å². The number of amides is 1. The largest absolute Gasteiger partial charge is 0.490 e. The van der Waals surface area contributed by atoms with Gasteiger partial charge in [0.1, 0.15) is 0 Å². The van der Waals surface area contributed by atoms with E-state index >= 15 is 0 Å². The third-order valence-corrected chi connectivity index (χ3v) is 5.84. The van der Waals surface area contributed by atoms with E-state index in [1.807, 2.05) is 24.5 Å². The number of carboxylic acids is 2. The van der Waals surface area contributed by atoms with E-state index in [9.17, 15) is 31.1 Å². The molecule has 1 spiro atoms. The van der Waals surface area contributed by atoms with Crippen LogP contribution in [-0.2, 0) is 20.9 Å². The fraction of sp³-hybridized carbons (Fsp3) is 0.619. The van der Waals surface area contributed by atoms with Crippen LogP contribution >= 0.6 is 0 Å². The lowest BCUT2D eigenvalue weighted by molar-refractivity contribution is -0.193. The van der Waals surface area contributed by atoms with E-state index in [1.165, 1.54) is 12.0 Å². The quantitative estimate of drug-likeness (QED) is 0.591. The standard InChI is InChI=1S/C17H25N3O.2C2HF3O2/c1-3-15-17(8-4-12-19(15)2)9-5-16(21)20(17)13-14-6-10-18-11-7-14;2*3-2(4,5)1(6)7/h6-7,10-11,15H,3-5,8-9,12-13H2,1-2H3;2*(H,6,7)/t15-,17-;;/m0../s1. The van der Waals surface area contributed by atoms with Crippen molar-refractivity contribution in [3.8, 4) is 0 Å². The van der Waals surface area contributed by atoms with Crippen LogP contribution < -0.4 is 0 Å². The molecule has 2 aliphatic rings. The second kappa shape index (κ2) is 12.2. The number of hydrogen-bond acceptors (Lipinski definition) is 5. The first-order chi connectivity index (χ1) is 16.1. The molecular formula is C21H27F6N3O5. The molecule has 14 heteroatoms. The molecule has 3 rings (SSSR count). The number of rotatable bonds is 3. The summed E-state index contributed by atoms with van der Waals surface area (Å²) < 4.78 is 63.5. The molecular weight excluding hydrogens is 488 g/mol. The molecule has 198 valence electrons. The second-order valence-corrected chi connectivity index (χ2v) is 8.05. The zero-order valence-electron chi connectivity index (χ0n) is 19.1. The number of likely N-dealkylation sites (N-methyl/N-ethyl adjacent to an activating group) is 1. The Hall–Kier alpha value is -2.90. The van der Waals surface area contributed by atoms with Crippen molar-refractivity contribution in [2.75, 3.05) is 13.6 Å². The summed E-state index contributed by atoms with van der Waals surface area (Å²) in [5.74, 6) is -5.19. The number of aliphatic carboxylic acids is 2. The molecule has 2 N–H and O–H groups in total. The Bertz CT molecular complexity index is 841. The van der Waals surface area contributed by atoms with Gasteiger partial charge >= 0.3 is 24.3 Å². The molecule has 0 aromatic carbocycles. The number of aromatic nitrogens is 1. The van der Waals surface area contributed by atoms with Gasteiger partial charge in [-0.05, 0) is 57.0 Å². The molecule has 1 aromatic heterocycles. The number of nitrogens with zero attached hydrogens (tertiary/aromatic N) is 3. The zero-order valence-corrected chi connectivity index (χ0v) is 19.1. The Kier molecular flexibility index (Phi) is 10.5. The van der Waals surface area contributed by atoms with Crippen LogP contribution in [0.25, 0.3) is 0 Å². The summed E-state index contributed by atoms with van der Waals surface area (Å²) in [6, 6.07) is 4.53. The van der Waals surface area contributed by atoms with Crippen LogP contribution in [-0.4, -0.2) is 80.4 Å². The smallest absolute Gasteiger partial charge is 0.475 e.